The number of aryl methyl sites for hydroxylation is 2. The second-order valence-corrected chi connectivity index (χ2v) is 8.41. The normalized spacial score (nSPS) is 15.0. The minimum absolute atomic E-state index is 0.0892. The van der Waals surface area contributed by atoms with Crippen molar-refractivity contribution in [1.29, 1.82) is 0 Å². The van der Waals surface area contributed by atoms with Crippen LogP contribution in [0.25, 0.3) is 0 Å². The third-order valence-electron chi connectivity index (χ3n) is 4.86. The largest absolute Gasteiger partial charge is 0.492 e. The molecular formula is C22H28N2O2S. The second kappa shape index (κ2) is 9.29. The maximum absolute atomic E-state index is 12.9. The number of nitrogens with zero attached hydrogens (tertiary/aromatic N) is 1. The third-order valence-corrected chi connectivity index (χ3v) is 6.21. The minimum atomic E-state index is 0.0892. The molecule has 1 aliphatic heterocycles. The average Bonchev–Trinajstić information content (AvgIpc) is 2.69. The van der Waals surface area contributed by atoms with Gasteiger partial charge in [-0.15, -0.1) is 11.8 Å². The molecule has 4 nitrogen and oxygen atoms in total. The zero-order valence-electron chi connectivity index (χ0n) is 16.1. The molecule has 0 bridgehead atoms. The zero-order valence-corrected chi connectivity index (χ0v) is 16.9. The van der Waals surface area contributed by atoms with Gasteiger partial charge in [-0.3, -0.25) is 4.79 Å². The van der Waals surface area contributed by atoms with Crippen molar-refractivity contribution in [2.24, 2.45) is 5.73 Å². The second-order valence-electron chi connectivity index (χ2n) is 7.04. The topological polar surface area (TPSA) is 55.6 Å². The van der Waals surface area contributed by atoms with Crippen LogP contribution in [0.3, 0.4) is 0 Å². The number of likely N-dealkylation sites (tertiary alicyclic amines) is 1. The highest BCUT2D eigenvalue weighted by molar-refractivity contribution is 8.00. The number of piperidine rings is 1. The van der Waals surface area contributed by atoms with Gasteiger partial charge in [-0.05, 0) is 56.5 Å². The van der Waals surface area contributed by atoms with Crippen LogP contribution in [0.15, 0.2) is 47.4 Å². The van der Waals surface area contributed by atoms with E-state index in [9.17, 15) is 4.79 Å². The number of benzene rings is 2. The van der Waals surface area contributed by atoms with E-state index >= 15 is 0 Å². The maximum Gasteiger partial charge on any atom is 0.253 e. The Morgan fingerprint density at radius 2 is 1.85 bits per heavy atom. The first-order valence-corrected chi connectivity index (χ1v) is 10.4. The third kappa shape index (κ3) is 5.27. The Morgan fingerprint density at radius 1 is 1.15 bits per heavy atom. The number of ether oxygens (including phenoxy) is 1. The van der Waals surface area contributed by atoms with Crippen LogP contribution < -0.4 is 10.5 Å². The highest BCUT2D eigenvalue weighted by Gasteiger charge is 2.24. The monoisotopic (exact) mass is 384 g/mol. The average molecular weight is 385 g/mol. The van der Waals surface area contributed by atoms with E-state index in [4.69, 9.17) is 10.5 Å². The van der Waals surface area contributed by atoms with Crippen LogP contribution in [0.4, 0.5) is 0 Å². The van der Waals surface area contributed by atoms with Gasteiger partial charge < -0.3 is 15.4 Å². The quantitative estimate of drug-likeness (QED) is 0.817. The van der Waals surface area contributed by atoms with E-state index in [0.717, 1.165) is 37.2 Å². The molecule has 27 heavy (non-hydrogen) atoms. The summed E-state index contributed by atoms with van der Waals surface area (Å²) in [5.41, 5.74) is 8.51. The van der Waals surface area contributed by atoms with E-state index in [-0.39, 0.29) is 5.91 Å². The molecule has 2 aromatic carbocycles. The zero-order chi connectivity index (χ0) is 19.2. The number of hydrogen-bond donors (Lipinski definition) is 1. The molecule has 0 radical (unpaired) electrons. The van der Waals surface area contributed by atoms with Gasteiger partial charge in [0.1, 0.15) is 12.4 Å². The number of rotatable bonds is 6. The van der Waals surface area contributed by atoms with Crippen LogP contribution in [-0.4, -0.2) is 42.3 Å². The van der Waals surface area contributed by atoms with Crippen LogP contribution >= 0.6 is 11.8 Å². The molecule has 0 saturated carbocycles. The molecule has 5 heteroatoms. The van der Waals surface area contributed by atoms with Crippen molar-refractivity contribution in [2.45, 2.75) is 36.8 Å². The number of hydrogen-bond acceptors (Lipinski definition) is 4. The smallest absolute Gasteiger partial charge is 0.253 e. The lowest BCUT2D eigenvalue weighted by molar-refractivity contribution is 0.0727. The summed E-state index contributed by atoms with van der Waals surface area (Å²) < 4.78 is 5.66. The summed E-state index contributed by atoms with van der Waals surface area (Å²) in [4.78, 5) is 16.2. The molecule has 2 aromatic rings. The molecule has 0 aromatic heterocycles. The molecule has 0 aliphatic carbocycles. The highest BCUT2D eigenvalue weighted by Crippen LogP contribution is 2.31. The Labute approximate surface area is 166 Å². The first-order chi connectivity index (χ1) is 13.1. The Hall–Kier alpha value is -1.98. The minimum Gasteiger partial charge on any atom is -0.492 e. The molecule has 1 aliphatic rings. The first kappa shape index (κ1) is 19.8. The van der Waals surface area contributed by atoms with Gasteiger partial charge in [0.2, 0.25) is 0 Å². The number of carbonyl (C=O) groups excluding carboxylic acids is 1. The predicted molar refractivity (Wildman–Crippen MR) is 112 cm³/mol. The number of amides is 1. The molecular weight excluding hydrogens is 356 g/mol. The fourth-order valence-electron chi connectivity index (χ4n) is 3.23. The number of carbonyl (C=O) groups is 1. The molecule has 1 heterocycles. The summed E-state index contributed by atoms with van der Waals surface area (Å²) in [6, 6.07) is 14.4. The van der Waals surface area contributed by atoms with Crippen LogP contribution in [0.1, 0.15) is 34.3 Å². The lowest BCUT2D eigenvalue weighted by Gasteiger charge is -2.32. The number of thioether (sulfide) groups is 1. The van der Waals surface area contributed by atoms with E-state index in [2.05, 4.69) is 31.2 Å². The van der Waals surface area contributed by atoms with Crippen LogP contribution in [-0.2, 0) is 0 Å². The van der Waals surface area contributed by atoms with Gasteiger partial charge in [-0.25, -0.2) is 0 Å². The van der Waals surface area contributed by atoms with Crippen molar-refractivity contribution in [2.75, 3.05) is 26.2 Å². The molecule has 1 saturated heterocycles. The van der Waals surface area contributed by atoms with Gasteiger partial charge in [0, 0.05) is 35.3 Å². The van der Waals surface area contributed by atoms with Crippen LogP contribution in [0.2, 0.25) is 0 Å². The van der Waals surface area contributed by atoms with Crippen LogP contribution in [0.5, 0.6) is 5.75 Å². The Bertz CT molecular complexity index is 768. The number of nitrogens with two attached hydrogens (primary N) is 1. The standard InChI is InChI=1S/C22H28N2O2S/c1-16-3-7-19(8-4-16)27-20-9-12-24(13-10-20)22(25)18-6-5-17(2)21(15-18)26-14-11-23/h3-8,15,20H,9-14,23H2,1-2H3. The van der Waals surface area contributed by atoms with Crippen molar-refractivity contribution in [1.82, 2.24) is 4.90 Å². The van der Waals surface area contributed by atoms with Crippen molar-refractivity contribution in [3.8, 4) is 5.75 Å². The molecule has 0 spiro atoms. The molecule has 144 valence electrons. The Kier molecular flexibility index (Phi) is 6.80. The maximum atomic E-state index is 12.9. The summed E-state index contributed by atoms with van der Waals surface area (Å²) in [7, 11) is 0. The van der Waals surface area contributed by atoms with E-state index < -0.39 is 0 Å². The van der Waals surface area contributed by atoms with Gasteiger partial charge >= 0.3 is 0 Å². The van der Waals surface area contributed by atoms with Crippen LogP contribution in [0, 0.1) is 13.8 Å². The summed E-state index contributed by atoms with van der Waals surface area (Å²) in [6.45, 7) is 6.61. The lowest BCUT2D eigenvalue weighted by Crippen LogP contribution is -2.39. The Morgan fingerprint density at radius 3 is 2.52 bits per heavy atom. The summed E-state index contributed by atoms with van der Waals surface area (Å²) in [5.74, 6) is 0.836. The molecule has 0 atom stereocenters. The van der Waals surface area contributed by atoms with E-state index in [1.807, 2.05) is 41.8 Å². The van der Waals surface area contributed by atoms with Gasteiger partial charge in [-0.1, -0.05) is 23.8 Å². The predicted octanol–water partition coefficient (Wildman–Crippen LogP) is 4.04. The van der Waals surface area contributed by atoms with Crippen molar-refractivity contribution >= 4 is 17.7 Å². The van der Waals surface area contributed by atoms with Gasteiger partial charge in [0.25, 0.3) is 5.91 Å². The van der Waals surface area contributed by atoms with Crippen molar-refractivity contribution < 1.29 is 9.53 Å². The van der Waals surface area contributed by atoms with E-state index in [1.165, 1.54) is 10.5 Å². The highest BCUT2D eigenvalue weighted by atomic mass is 32.2. The lowest BCUT2D eigenvalue weighted by atomic mass is 10.1. The fourth-order valence-corrected chi connectivity index (χ4v) is 4.35. The van der Waals surface area contributed by atoms with Gasteiger partial charge in [0.15, 0.2) is 0 Å². The van der Waals surface area contributed by atoms with Gasteiger partial charge in [-0.2, -0.15) is 0 Å². The van der Waals surface area contributed by atoms with Crippen molar-refractivity contribution in [3.63, 3.8) is 0 Å². The fraction of sp³-hybridized carbons (Fsp3) is 0.409. The van der Waals surface area contributed by atoms with Gasteiger partial charge in [0.05, 0.1) is 0 Å². The van der Waals surface area contributed by atoms with Crippen molar-refractivity contribution in [3.05, 3.63) is 59.2 Å². The molecule has 1 amide bonds. The molecule has 0 unspecified atom stereocenters. The SMILES string of the molecule is Cc1ccc(SC2CCN(C(=O)c3ccc(C)c(OCCN)c3)CC2)cc1. The Balaban J connectivity index is 1.57. The first-order valence-electron chi connectivity index (χ1n) is 9.53. The van der Waals surface area contributed by atoms with E-state index in [0.29, 0.717) is 24.0 Å². The molecule has 3 rings (SSSR count). The van der Waals surface area contributed by atoms with E-state index in [1.54, 1.807) is 0 Å². The summed E-state index contributed by atoms with van der Waals surface area (Å²) in [6.07, 6.45) is 2.04. The molecule has 1 fully saturated rings. The summed E-state index contributed by atoms with van der Waals surface area (Å²) >= 11 is 1.93. The summed E-state index contributed by atoms with van der Waals surface area (Å²) in [5, 5.41) is 0.568. The molecule has 2 N–H and O–H groups in total.